The average molecular weight is 1600 g/mol. The summed E-state index contributed by atoms with van der Waals surface area (Å²) in [5.74, 6) is -16.4. The predicted molar refractivity (Wildman–Crippen MR) is 388 cm³/mol. The molecule has 10 atom stereocenters. The number of rotatable bonds is 47. The molecule has 11 amide bonds. The van der Waals surface area contributed by atoms with E-state index < -0.39 is 219 Å². The molecule has 2 aromatic carbocycles. The number of amides is 11. The number of methoxy groups -OCH3 is 8. The van der Waals surface area contributed by atoms with E-state index in [-0.39, 0.29) is 58.0 Å². The van der Waals surface area contributed by atoms with Gasteiger partial charge in [-0.3, -0.25) is 76.7 Å². The highest BCUT2D eigenvalue weighted by atomic mass is 16.6. The molecular formula is C71H98N12O30. The van der Waals surface area contributed by atoms with Gasteiger partial charge in [-0.2, -0.15) is 0 Å². The number of nitrogens with two attached hydrogens (primary N) is 1. The Morgan fingerprint density at radius 1 is 0.389 bits per heavy atom. The van der Waals surface area contributed by atoms with Gasteiger partial charge in [0.2, 0.25) is 59.1 Å². The molecule has 622 valence electrons. The molecule has 0 saturated carbocycles. The number of hydrogen-bond acceptors (Lipinski definition) is 31. The first kappa shape index (κ1) is 96.6. The first-order valence-electron chi connectivity index (χ1n) is 34.5. The molecule has 0 bridgehead atoms. The fourth-order valence-corrected chi connectivity index (χ4v) is 9.90. The summed E-state index contributed by atoms with van der Waals surface area (Å²) >= 11 is 0. The maximum Gasteiger partial charge on any atom is 0.407 e. The highest BCUT2D eigenvalue weighted by Crippen LogP contribution is 2.44. The fourth-order valence-electron chi connectivity index (χ4n) is 9.90. The van der Waals surface area contributed by atoms with Crippen LogP contribution in [-0.4, -0.2) is 276 Å². The van der Waals surface area contributed by atoms with Crippen molar-refractivity contribution >= 4 is 113 Å². The van der Waals surface area contributed by atoms with Crippen molar-refractivity contribution < 1.29 is 143 Å². The van der Waals surface area contributed by atoms with E-state index in [1.165, 1.54) is 40.2 Å². The number of benzene rings is 2. The van der Waals surface area contributed by atoms with Crippen molar-refractivity contribution in [2.24, 2.45) is 5.73 Å². The predicted octanol–water partition coefficient (Wildman–Crippen LogP) is -4.73. The van der Waals surface area contributed by atoms with Crippen LogP contribution >= 0.6 is 0 Å². The topological polar surface area (TPSA) is 584 Å². The summed E-state index contributed by atoms with van der Waals surface area (Å²) in [5, 5.41) is 25.3. The minimum absolute atomic E-state index is 0.103. The number of carbonyl (C=O) groups is 19. The number of esters is 8. The van der Waals surface area contributed by atoms with Crippen LogP contribution in [0.2, 0.25) is 0 Å². The highest BCUT2D eigenvalue weighted by Gasteiger charge is 2.36. The van der Waals surface area contributed by atoms with Gasteiger partial charge < -0.3 is 116 Å². The molecule has 0 spiro atoms. The Balaban J connectivity index is 0.000000805. The second kappa shape index (κ2) is 51.8. The summed E-state index contributed by atoms with van der Waals surface area (Å²) in [6.07, 6.45) is -1.85. The molecule has 0 heterocycles. The number of carbonyl (C=O) groups excluding carboxylic acids is 19. The average Bonchev–Trinajstić information content (AvgIpc) is 1.62. The highest BCUT2D eigenvalue weighted by molar-refractivity contribution is 5.99. The van der Waals surface area contributed by atoms with Crippen LogP contribution in [-0.2, 0) is 138 Å². The minimum atomic E-state index is -1.66. The van der Waals surface area contributed by atoms with E-state index in [0.29, 0.717) is 0 Å². The van der Waals surface area contributed by atoms with Crippen molar-refractivity contribution in [3.63, 3.8) is 0 Å². The molecule has 13 N–H and O–H groups in total. The van der Waals surface area contributed by atoms with Gasteiger partial charge >= 0.3 is 53.8 Å². The Bertz CT molecular complexity index is 3660. The molecule has 0 saturated heterocycles. The van der Waals surface area contributed by atoms with Gasteiger partial charge in [-0.15, -0.1) is 0 Å². The van der Waals surface area contributed by atoms with Crippen molar-refractivity contribution in [2.45, 2.75) is 132 Å². The van der Waals surface area contributed by atoms with Crippen molar-refractivity contribution in [3.8, 4) is 11.1 Å². The van der Waals surface area contributed by atoms with Crippen LogP contribution in [0.15, 0.2) is 73.8 Å². The van der Waals surface area contributed by atoms with Gasteiger partial charge in [0.15, 0.2) is 0 Å². The Morgan fingerprint density at radius 3 is 1.09 bits per heavy atom. The Labute approximate surface area is 648 Å². The summed E-state index contributed by atoms with van der Waals surface area (Å²) < 4.78 is 52.9. The van der Waals surface area contributed by atoms with Gasteiger partial charge in [-0.1, -0.05) is 73.8 Å². The van der Waals surface area contributed by atoms with E-state index in [1.807, 2.05) is 48.5 Å². The van der Waals surface area contributed by atoms with Gasteiger partial charge in [0.25, 0.3) is 0 Å². The third kappa shape index (κ3) is 35.0. The smallest absolute Gasteiger partial charge is 0.407 e. The molecular weight excluding hydrogens is 1500 g/mol. The zero-order valence-corrected chi connectivity index (χ0v) is 64.0. The van der Waals surface area contributed by atoms with Crippen LogP contribution in [0.25, 0.3) is 11.1 Å². The minimum Gasteiger partial charge on any atom is -0.469 e. The lowest BCUT2D eigenvalue weighted by Gasteiger charge is -2.23. The molecule has 0 aliphatic heterocycles. The zero-order chi connectivity index (χ0) is 84.9. The van der Waals surface area contributed by atoms with Crippen LogP contribution in [0.4, 0.5) is 4.79 Å². The lowest BCUT2D eigenvalue weighted by atomic mass is 9.98. The summed E-state index contributed by atoms with van der Waals surface area (Å²) in [4.78, 5) is 238. The Kier molecular flexibility index (Phi) is 44.3. The molecule has 10 unspecified atom stereocenters. The third-order valence-electron chi connectivity index (χ3n) is 15.9. The molecule has 0 fully saturated rings. The van der Waals surface area contributed by atoms with Crippen molar-refractivity contribution in [1.82, 2.24) is 58.5 Å². The number of ether oxygens (including phenoxy) is 11. The monoisotopic (exact) mass is 1600 g/mol. The van der Waals surface area contributed by atoms with Crippen LogP contribution in [0, 0.1) is 0 Å². The van der Waals surface area contributed by atoms with Crippen LogP contribution in [0.1, 0.15) is 82.3 Å². The molecule has 0 aromatic heterocycles. The number of alkyl carbamates (subject to hydrolysis) is 1. The van der Waals surface area contributed by atoms with Crippen LogP contribution < -0.4 is 64.2 Å². The largest absolute Gasteiger partial charge is 0.469 e. The number of hydrogen-bond donors (Lipinski definition) is 12. The molecule has 42 nitrogen and oxygen atoms in total. The number of fused-ring (bicyclic) bond motifs is 3. The fraction of sp³-hybridized carbons (Fsp3) is 0.507. The van der Waals surface area contributed by atoms with E-state index in [4.69, 9.17) is 29.4 Å². The van der Waals surface area contributed by atoms with E-state index in [9.17, 15) is 91.1 Å². The maximum atomic E-state index is 13.4. The van der Waals surface area contributed by atoms with Crippen LogP contribution in [0.5, 0.6) is 0 Å². The summed E-state index contributed by atoms with van der Waals surface area (Å²) in [5.41, 5.74) is 9.48. The molecule has 42 heteroatoms. The summed E-state index contributed by atoms with van der Waals surface area (Å²) in [6.45, 7) is 6.56. The van der Waals surface area contributed by atoms with Crippen molar-refractivity contribution in [1.29, 1.82) is 0 Å². The molecule has 3 rings (SSSR count). The van der Waals surface area contributed by atoms with Gasteiger partial charge in [-0.05, 0) is 48.9 Å². The first-order valence-corrected chi connectivity index (χ1v) is 34.5. The summed E-state index contributed by atoms with van der Waals surface area (Å²) in [6, 6.07) is 0.974. The van der Waals surface area contributed by atoms with Crippen LogP contribution in [0.3, 0.4) is 0 Å². The van der Waals surface area contributed by atoms with E-state index >= 15 is 0 Å². The number of nitrogens with one attached hydrogen (secondary N) is 11. The van der Waals surface area contributed by atoms with Gasteiger partial charge in [0, 0.05) is 33.0 Å². The molecule has 1 aliphatic carbocycles. The second-order valence-electron chi connectivity index (χ2n) is 24.1. The van der Waals surface area contributed by atoms with Crippen molar-refractivity contribution in [3.05, 3.63) is 85.0 Å². The normalized spacial score (nSPS) is 13.5. The second-order valence-corrected chi connectivity index (χ2v) is 24.1. The molecule has 113 heavy (non-hydrogen) atoms. The Morgan fingerprint density at radius 2 is 0.726 bits per heavy atom. The van der Waals surface area contributed by atoms with E-state index in [1.54, 1.807) is 0 Å². The quantitative estimate of drug-likeness (QED) is 0.0168. The molecule has 1 aliphatic rings. The first-order chi connectivity index (χ1) is 53.7. The van der Waals surface area contributed by atoms with Gasteiger partial charge in [0.1, 0.15) is 74.2 Å². The third-order valence-corrected chi connectivity index (χ3v) is 15.9. The standard InChI is InChI=1S/C43H54N6O16.C28H44N6O14/c1-7-18-64-42(58)30(16-17-35(51)61-4)47-41(57)33(23-60-3)46-34(50)21-44-39(55)31(19-36(52)62-5)48-38(54)24(2)45-40(56)32(20-37(53)63-6)49-43(59)65-22-29-27-14-10-8-12-25(27)26-13-9-11-15-28(26)29;1-7-10-48-28(43)17(8-9-21(36)45-4)33-27(42)19(14-44-3)32-20(35)13-30-26(41)18(12-23(38)47-6)34-24(39)15(2)31-25(40)16(29)11-22(37)46-5/h7-15,24,29-33H,1,16-23H2,2-6H3,(H,44,55)(H,45,56)(H,46,50)(H,47,57)(H,48,54)(H,49,59);7,15-19H,1,8-14,29H2,2-6H3,(H,30,41)(H,31,40)(H,32,35)(H,33,42)(H,34,39). The lowest BCUT2D eigenvalue weighted by Crippen LogP contribution is -2.57. The van der Waals surface area contributed by atoms with E-state index in [0.717, 1.165) is 64.9 Å². The molecule has 2 aromatic rings. The summed E-state index contributed by atoms with van der Waals surface area (Å²) in [7, 11) is 9.00. The molecule has 0 radical (unpaired) electrons. The Hall–Kier alpha value is -12.5. The van der Waals surface area contributed by atoms with Gasteiger partial charge in [-0.25, -0.2) is 14.4 Å². The van der Waals surface area contributed by atoms with E-state index in [2.05, 4.69) is 100 Å². The maximum absolute atomic E-state index is 13.4. The van der Waals surface area contributed by atoms with Crippen molar-refractivity contribution in [2.75, 3.05) is 103 Å². The zero-order valence-electron chi connectivity index (χ0n) is 64.0. The van der Waals surface area contributed by atoms with Gasteiger partial charge in [0.05, 0.1) is 101 Å². The SMILES string of the molecule is C=CCOC(=O)C(CCC(=O)OC)NC(=O)C(COC)NC(=O)CNC(=O)C(CC(=O)OC)NC(=O)C(C)NC(=O)C(CC(=O)OC)NC(=O)OCC1c2ccccc2-c2ccccc21.C=CCOC(=O)C(CCC(=O)OC)NC(=O)C(COC)NC(=O)CNC(=O)C(CC(=O)OC)NC(=O)C(C)NC(=O)C(N)CC(=O)OC. The lowest BCUT2D eigenvalue weighted by molar-refractivity contribution is -0.149.